The second-order valence-corrected chi connectivity index (χ2v) is 3.79. The number of nitrogens with zero attached hydrogens (tertiary/aromatic N) is 3. The van der Waals surface area contributed by atoms with E-state index >= 15 is 0 Å². The van der Waals surface area contributed by atoms with Crippen molar-refractivity contribution in [1.82, 2.24) is 20.3 Å². The molecule has 1 aliphatic carbocycles. The lowest BCUT2D eigenvalue weighted by atomic mass is 10.3. The van der Waals surface area contributed by atoms with Crippen molar-refractivity contribution < 1.29 is 0 Å². The normalized spacial score (nSPS) is 16.4. The SMILES string of the molecule is Cn1cc(CNCCC2CC2)nn1. The van der Waals surface area contributed by atoms with E-state index in [2.05, 4.69) is 15.6 Å². The molecule has 0 spiro atoms. The quantitative estimate of drug-likeness (QED) is 0.678. The van der Waals surface area contributed by atoms with Crippen LogP contribution in [0.15, 0.2) is 6.20 Å². The first kappa shape index (κ1) is 8.69. The molecule has 2 rings (SSSR count). The second kappa shape index (κ2) is 3.87. The average Bonchev–Trinajstić information content (AvgIpc) is 2.84. The molecule has 1 aromatic heterocycles. The maximum Gasteiger partial charge on any atom is 0.0964 e. The van der Waals surface area contributed by atoms with E-state index in [9.17, 15) is 0 Å². The van der Waals surface area contributed by atoms with Crippen molar-refractivity contribution in [1.29, 1.82) is 0 Å². The Labute approximate surface area is 78.3 Å². The Morgan fingerprint density at radius 2 is 2.46 bits per heavy atom. The minimum Gasteiger partial charge on any atom is -0.311 e. The smallest absolute Gasteiger partial charge is 0.0964 e. The summed E-state index contributed by atoms with van der Waals surface area (Å²) in [6.07, 6.45) is 6.14. The maximum absolute atomic E-state index is 4.00. The number of hydrogen-bond acceptors (Lipinski definition) is 3. The van der Waals surface area contributed by atoms with Crippen LogP contribution in [0.2, 0.25) is 0 Å². The largest absolute Gasteiger partial charge is 0.311 e. The first-order chi connectivity index (χ1) is 6.34. The topological polar surface area (TPSA) is 42.7 Å². The van der Waals surface area contributed by atoms with Gasteiger partial charge in [0, 0.05) is 19.8 Å². The summed E-state index contributed by atoms with van der Waals surface area (Å²) in [6, 6.07) is 0. The third kappa shape index (κ3) is 2.81. The molecule has 0 unspecified atom stereocenters. The van der Waals surface area contributed by atoms with E-state index in [1.54, 1.807) is 4.68 Å². The summed E-state index contributed by atoms with van der Waals surface area (Å²) in [6.45, 7) is 1.96. The minimum absolute atomic E-state index is 0.848. The van der Waals surface area contributed by atoms with Gasteiger partial charge in [-0.05, 0) is 18.9 Å². The predicted octanol–water partition coefficient (Wildman–Crippen LogP) is 0.705. The van der Waals surface area contributed by atoms with Crippen LogP contribution in [0.25, 0.3) is 0 Å². The van der Waals surface area contributed by atoms with Crippen LogP contribution in [0.3, 0.4) is 0 Å². The highest BCUT2D eigenvalue weighted by molar-refractivity contribution is 4.90. The summed E-state index contributed by atoms with van der Waals surface area (Å²) in [5.74, 6) is 1.01. The molecule has 4 nitrogen and oxygen atoms in total. The fourth-order valence-electron chi connectivity index (χ4n) is 1.41. The molecule has 0 aromatic carbocycles. The summed E-state index contributed by atoms with van der Waals surface area (Å²) < 4.78 is 1.73. The lowest BCUT2D eigenvalue weighted by Crippen LogP contribution is -2.15. The summed E-state index contributed by atoms with van der Waals surface area (Å²) in [5.41, 5.74) is 1.03. The first-order valence-corrected chi connectivity index (χ1v) is 4.90. The van der Waals surface area contributed by atoms with Crippen LogP contribution in [0.1, 0.15) is 25.0 Å². The number of rotatable bonds is 5. The van der Waals surface area contributed by atoms with Gasteiger partial charge < -0.3 is 5.32 Å². The molecule has 0 atom stereocenters. The van der Waals surface area contributed by atoms with Gasteiger partial charge in [-0.25, -0.2) is 0 Å². The third-order valence-corrected chi connectivity index (χ3v) is 2.38. The minimum atomic E-state index is 0.848. The molecular weight excluding hydrogens is 164 g/mol. The van der Waals surface area contributed by atoms with Gasteiger partial charge in [-0.15, -0.1) is 5.10 Å². The van der Waals surface area contributed by atoms with Crippen LogP contribution in [0, 0.1) is 5.92 Å². The van der Waals surface area contributed by atoms with E-state index < -0.39 is 0 Å². The molecule has 1 saturated carbocycles. The van der Waals surface area contributed by atoms with Crippen LogP contribution in [-0.2, 0) is 13.6 Å². The van der Waals surface area contributed by atoms with E-state index in [1.807, 2.05) is 13.2 Å². The standard InChI is InChI=1S/C9H16N4/c1-13-7-9(11-12-13)6-10-5-4-8-2-3-8/h7-8,10H,2-6H2,1H3. The molecule has 4 heteroatoms. The van der Waals surface area contributed by atoms with Crippen molar-refractivity contribution in [2.75, 3.05) is 6.54 Å². The summed E-state index contributed by atoms with van der Waals surface area (Å²) in [5, 5.41) is 11.2. The zero-order chi connectivity index (χ0) is 9.10. The van der Waals surface area contributed by atoms with Crippen LogP contribution in [-0.4, -0.2) is 21.5 Å². The Morgan fingerprint density at radius 3 is 3.08 bits per heavy atom. The van der Waals surface area contributed by atoms with Gasteiger partial charge in [0.05, 0.1) is 5.69 Å². The maximum atomic E-state index is 4.00. The molecule has 0 radical (unpaired) electrons. The van der Waals surface area contributed by atoms with Crippen LogP contribution in [0.4, 0.5) is 0 Å². The van der Waals surface area contributed by atoms with E-state index in [0.717, 1.165) is 24.7 Å². The van der Waals surface area contributed by atoms with Crippen molar-refractivity contribution in [2.24, 2.45) is 13.0 Å². The van der Waals surface area contributed by atoms with Crippen molar-refractivity contribution >= 4 is 0 Å². The van der Waals surface area contributed by atoms with Crippen LogP contribution < -0.4 is 5.32 Å². The Hall–Kier alpha value is -0.900. The second-order valence-electron chi connectivity index (χ2n) is 3.79. The molecule has 1 aromatic rings. The Bertz CT molecular complexity index is 264. The highest BCUT2D eigenvalue weighted by atomic mass is 15.4. The highest BCUT2D eigenvalue weighted by Gasteiger charge is 2.19. The van der Waals surface area contributed by atoms with Gasteiger partial charge in [0.15, 0.2) is 0 Å². The lowest BCUT2D eigenvalue weighted by molar-refractivity contribution is 0.606. The molecule has 0 aliphatic heterocycles. The lowest BCUT2D eigenvalue weighted by Gasteiger charge is -1.99. The van der Waals surface area contributed by atoms with Crippen molar-refractivity contribution in [3.05, 3.63) is 11.9 Å². The number of nitrogens with one attached hydrogen (secondary N) is 1. The van der Waals surface area contributed by atoms with Gasteiger partial charge in [-0.2, -0.15) is 0 Å². The Kier molecular flexibility index (Phi) is 2.59. The fraction of sp³-hybridized carbons (Fsp3) is 0.778. The van der Waals surface area contributed by atoms with E-state index in [4.69, 9.17) is 0 Å². The van der Waals surface area contributed by atoms with Crippen molar-refractivity contribution in [3.63, 3.8) is 0 Å². The zero-order valence-electron chi connectivity index (χ0n) is 8.03. The number of hydrogen-bond donors (Lipinski definition) is 1. The summed E-state index contributed by atoms with van der Waals surface area (Å²) >= 11 is 0. The monoisotopic (exact) mass is 180 g/mol. The summed E-state index contributed by atoms with van der Waals surface area (Å²) in [7, 11) is 1.89. The molecule has 1 N–H and O–H groups in total. The van der Waals surface area contributed by atoms with Crippen LogP contribution in [0.5, 0.6) is 0 Å². The van der Waals surface area contributed by atoms with E-state index in [-0.39, 0.29) is 0 Å². The Balaban J connectivity index is 1.61. The fourth-order valence-corrected chi connectivity index (χ4v) is 1.41. The van der Waals surface area contributed by atoms with Gasteiger partial charge in [-0.3, -0.25) is 4.68 Å². The molecule has 0 saturated heterocycles. The third-order valence-electron chi connectivity index (χ3n) is 2.38. The molecule has 13 heavy (non-hydrogen) atoms. The van der Waals surface area contributed by atoms with Gasteiger partial charge in [0.1, 0.15) is 0 Å². The van der Waals surface area contributed by atoms with Gasteiger partial charge in [-0.1, -0.05) is 18.1 Å². The molecule has 1 fully saturated rings. The average molecular weight is 180 g/mol. The molecule has 1 heterocycles. The van der Waals surface area contributed by atoms with Crippen LogP contribution >= 0.6 is 0 Å². The molecule has 72 valence electrons. The molecule has 1 aliphatic rings. The zero-order valence-corrected chi connectivity index (χ0v) is 8.03. The first-order valence-electron chi connectivity index (χ1n) is 4.90. The van der Waals surface area contributed by atoms with Crippen molar-refractivity contribution in [2.45, 2.75) is 25.8 Å². The molecular formula is C9H16N4. The van der Waals surface area contributed by atoms with Gasteiger partial charge in [0.2, 0.25) is 0 Å². The summed E-state index contributed by atoms with van der Waals surface area (Å²) in [4.78, 5) is 0. The number of aryl methyl sites for hydroxylation is 1. The van der Waals surface area contributed by atoms with E-state index in [0.29, 0.717) is 0 Å². The van der Waals surface area contributed by atoms with Gasteiger partial charge >= 0.3 is 0 Å². The van der Waals surface area contributed by atoms with E-state index in [1.165, 1.54) is 19.3 Å². The predicted molar refractivity (Wildman–Crippen MR) is 50.1 cm³/mol. The number of aromatic nitrogens is 3. The molecule has 0 amide bonds. The molecule has 0 bridgehead atoms. The highest BCUT2D eigenvalue weighted by Crippen LogP contribution is 2.31. The Morgan fingerprint density at radius 1 is 1.62 bits per heavy atom. The van der Waals surface area contributed by atoms with Gasteiger partial charge in [0.25, 0.3) is 0 Å². The van der Waals surface area contributed by atoms with Crippen molar-refractivity contribution in [3.8, 4) is 0 Å².